The number of aryl methyl sites for hydroxylation is 1. The summed E-state index contributed by atoms with van der Waals surface area (Å²) in [4.78, 5) is 25.7. The summed E-state index contributed by atoms with van der Waals surface area (Å²) < 4.78 is 18.5. The molecule has 0 radical (unpaired) electrons. The zero-order chi connectivity index (χ0) is 23.9. The first-order valence-electron chi connectivity index (χ1n) is 11.5. The van der Waals surface area contributed by atoms with E-state index in [9.17, 15) is 9.59 Å². The molecule has 4 rings (SSSR count). The molecule has 0 bridgehead atoms. The number of benzene rings is 2. The summed E-state index contributed by atoms with van der Waals surface area (Å²) >= 11 is 0. The summed E-state index contributed by atoms with van der Waals surface area (Å²) in [7, 11) is 1.58. The number of aromatic nitrogens is 1. The highest BCUT2D eigenvalue weighted by Crippen LogP contribution is 2.29. The Kier molecular flexibility index (Phi) is 7.65. The fourth-order valence-electron chi connectivity index (χ4n) is 4.02. The number of nitrogens with one attached hydrogen (secondary N) is 1. The van der Waals surface area contributed by atoms with Gasteiger partial charge in [-0.25, -0.2) is 0 Å². The Bertz CT molecular complexity index is 1200. The molecule has 1 aliphatic heterocycles. The van der Waals surface area contributed by atoms with E-state index in [0.717, 1.165) is 36.1 Å². The van der Waals surface area contributed by atoms with Crippen molar-refractivity contribution in [1.29, 1.82) is 0 Å². The molecule has 1 aromatic heterocycles. The molecular weight excluding hydrogens is 432 g/mol. The minimum Gasteiger partial charge on any atom is -0.493 e. The number of hydrogen-bond acceptors (Lipinski definition) is 5. The van der Waals surface area contributed by atoms with Crippen molar-refractivity contribution in [2.24, 2.45) is 0 Å². The second kappa shape index (κ2) is 11.0. The standard InChI is InChI=1S/C27H30N2O5/c1-19-6-3-7-21(14-19)17-29-12-4-9-23(27(29)31)26(30)28-16-20-10-11-24(25(15-20)32-2)34-18-22-8-5-13-33-22/h3-4,6-7,9-12,14-15,22H,5,8,13,16-18H2,1-2H3,(H,28,30). The third kappa shape index (κ3) is 5.85. The molecule has 1 amide bonds. The molecule has 7 nitrogen and oxygen atoms in total. The maximum absolute atomic E-state index is 12.9. The fourth-order valence-corrected chi connectivity index (χ4v) is 4.02. The maximum atomic E-state index is 12.9. The van der Waals surface area contributed by atoms with E-state index in [0.29, 0.717) is 24.7 Å². The first kappa shape index (κ1) is 23.6. The maximum Gasteiger partial charge on any atom is 0.263 e. The van der Waals surface area contributed by atoms with Gasteiger partial charge < -0.3 is 24.1 Å². The molecule has 0 saturated carbocycles. The topological polar surface area (TPSA) is 78.8 Å². The van der Waals surface area contributed by atoms with Crippen molar-refractivity contribution in [2.45, 2.75) is 39.0 Å². The van der Waals surface area contributed by atoms with Gasteiger partial charge in [-0.1, -0.05) is 35.9 Å². The highest BCUT2D eigenvalue weighted by atomic mass is 16.5. The van der Waals surface area contributed by atoms with Gasteiger partial charge in [-0.15, -0.1) is 0 Å². The van der Waals surface area contributed by atoms with Crippen LogP contribution in [-0.2, 0) is 17.8 Å². The van der Waals surface area contributed by atoms with Crippen molar-refractivity contribution in [2.75, 3.05) is 20.3 Å². The van der Waals surface area contributed by atoms with Gasteiger partial charge in [0.05, 0.1) is 19.8 Å². The van der Waals surface area contributed by atoms with Crippen molar-refractivity contribution in [3.63, 3.8) is 0 Å². The number of methoxy groups -OCH3 is 1. The molecule has 1 atom stereocenters. The van der Waals surface area contributed by atoms with Gasteiger partial charge in [0, 0.05) is 19.3 Å². The lowest BCUT2D eigenvalue weighted by Gasteiger charge is -2.15. The monoisotopic (exact) mass is 462 g/mol. The van der Waals surface area contributed by atoms with Crippen molar-refractivity contribution in [3.8, 4) is 11.5 Å². The molecule has 7 heteroatoms. The van der Waals surface area contributed by atoms with Crippen molar-refractivity contribution < 1.29 is 19.0 Å². The van der Waals surface area contributed by atoms with E-state index < -0.39 is 5.91 Å². The molecule has 178 valence electrons. The Morgan fingerprint density at radius 3 is 2.76 bits per heavy atom. The quantitative estimate of drug-likeness (QED) is 0.525. The minimum absolute atomic E-state index is 0.110. The van der Waals surface area contributed by atoms with E-state index in [1.54, 1.807) is 30.0 Å². The van der Waals surface area contributed by atoms with Crippen LogP contribution in [0.2, 0.25) is 0 Å². The van der Waals surface area contributed by atoms with E-state index in [-0.39, 0.29) is 23.8 Å². The number of carbonyl (C=O) groups is 1. The third-order valence-corrected chi connectivity index (χ3v) is 5.83. The molecule has 2 heterocycles. The molecule has 0 aliphatic carbocycles. The highest BCUT2D eigenvalue weighted by Gasteiger charge is 2.17. The Labute approximate surface area is 199 Å². The number of carbonyl (C=O) groups excluding carboxylic acids is 1. The molecule has 1 N–H and O–H groups in total. The van der Waals surface area contributed by atoms with Crippen LogP contribution >= 0.6 is 0 Å². The lowest BCUT2D eigenvalue weighted by molar-refractivity contribution is 0.0669. The van der Waals surface area contributed by atoms with E-state index in [1.807, 2.05) is 49.4 Å². The van der Waals surface area contributed by atoms with Gasteiger partial charge in [0.1, 0.15) is 12.2 Å². The smallest absolute Gasteiger partial charge is 0.263 e. The summed E-state index contributed by atoms with van der Waals surface area (Å²) in [5.74, 6) is 0.807. The van der Waals surface area contributed by atoms with Crippen molar-refractivity contribution in [1.82, 2.24) is 9.88 Å². The third-order valence-electron chi connectivity index (χ3n) is 5.83. The molecule has 3 aromatic rings. The average molecular weight is 463 g/mol. The van der Waals surface area contributed by atoms with Crippen molar-refractivity contribution >= 4 is 5.91 Å². The summed E-state index contributed by atoms with van der Waals surface area (Å²) in [6.45, 7) is 3.94. The zero-order valence-corrected chi connectivity index (χ0v) is 19.6. The summed E-state index contributed by atoms with van der Waals surface area (Å²) in [6, 6.07) is 16.7. The molecule has 0 spiro atoms. The van der Waals surface area contributed by atoms with Gasteiger partial charge in [0.15, 0.2) is 11.5 Å². The van der Waals surface area contributed by atoms with E-state index in [4.69, 9.17) is 14.2 Å². The second-order valence-corrected chi connectivity index (χ2v) is 8.46. The minimum atomic E-state index is -0.415. The number of pyridine rings is 1. The van der Waals surface area contributed by atoms with Gasteiger partial charge in [-0.05, 0) is 55.2 Å². The Hall–Kier alpha value is -3.58. The SMILES string of the molecule is COc1cc(CNC(=O)c2cccn(Cc3cccc(C)c3)c2=O)ccc1OCC1CCCO1. The average Bonchev–Trinajstić information content (AvgIpc) is 3.36. The Morgan fingerprint density at radius 2 is 2.00 bits per heavy atom. The van der Waals surface area contributed by atoms with Crippen LogP contribution in [0.3, 0.4) is 0 Å². The number of amides is 1. The molecule has 1 fully saturated rings. The molecular formula is C27H30N2O5. The Balaban J connectivity index is 1.39. The van der Waals surface area contributed by atoms with Gasteiger partial charge in [-0.3, -0.25) is 9.59 Å². The summed E-state index contributed by atoms with van der Waals surface area (Å²) in [6.07, 6.45) is 3.87. The number of ether oxygens (including phenoxy) is 3. The molecule has 34 heavy (non-hydrogen) atoms. The molecule has 1 aliphatic rings. The van der Waals surface area contributed by atoms with Crippen LogP contribution < -0.4 is 20.3 Å². The van der Waals surface area contributed by atoms with Gasteiger partial charge in [-0.2, -0.15) is 0 Å². The van der Waals surface area contributed by atoms with Crippen LogP contribution in [0.15, 0.2) is 65.6 Å². The lowest BCUT2D eigenvalue weighted by atomic mass is 10.1. The van der Waals surface area contributed by atoms with Crippen LogP contribution in [0.4, 0.5) is 0 Å². The predicted octanol–water partition coefficient (Wildman–Crippen LogP) is 3.70. The van der Waals surface area contributed by atoms with Crippen LogP contribution in [0.1, 0.15) is 39.9 Å². The number of hydrogen-bond donors (Lipinski definition) is 1. The van der Waals surface area contributed by atoms with Crippen molar-refractivity contribution in [3.05, 3.63) is 93.4 Å². The molecule has 1 saturated heterocycles. The number of rotatable bonds is 9. The first-order valence-corrected chi connectivity index (χ1v) is 11.5. The van der Waals surface area contributed by atoms with Crippen LogP contribution in [0.25, 0.3) is 0 Å². The fraction of sp³-hybridized carbons (Fsp3) is 0.333. The van der Waals surface area contributed by atoms with Gasteiger partial charge in [0.25, 0.3) is 11.5 Å². The molecule has 2 aromatic carbocycles. The zero-order valence-electron chi connectivity index (χ0n) is 19.6. The summed E-state index contributed by atoms with van der Waals surface area (Å²) in [5.41, 5.74) is 2.76. The van der Waals surface area contributed by atoms with Crippen LogP contribution in [-0.4, -0.2) is 36.9 Å². The predicted molar refractivity (Wildman–Crippen MR) is 130 cm³/mol. The second-order valence-electron chi connectivity index (χ2n) is 8.46. The Morgan fingerprint density at radius 1 is 1.12 bits per heavy atom. The van der Waals surface area contributed by atoms with Crippen LogP contribution in [0.5, 0.6) is 11.5 Å². The lowest BCUT2D eigenvalue weighted by Crippen LogP contribution is -2.32. The van der Waals surface area contributed by atoms with E-state index >= 15 is 0 Å². The van der Waals surface area contributed by atoms with Gasteiger partial charge >= 0.3 is 0 Å². The number of nitrogens with zero attached hydrogens (tertiary/aromatic N) is 1. The van der Waals surface area contributed by atoms with Gasteiger partial charge in [0.2, 0.25) is 0 Å². The molecule has 1 unspecified atom stereocenters. The summed E-state index contributed by atoms with van der Waals surface area (Å²) in [5, 5.41) is 2.84. The van der Waals surface area contributed by atoms with E-state index in [2.05, 4.69) is 5.32 Å². The first-order chi connectivity index (χ1) is 16.5. The highest BCUT2D eigenvalue weighted by molar-refractivity contribution is 5.93. The van der Waals surface area contributed by atoms with Crippen LogP contribution in [0, 0.1) is 6.92 Å². The van der Waals surface area contributed by atoms with E-state index in [1.165, 1.54) is 0 Å². The normalized spacial score (nSPS) is 15.2. The largest absolute Gasteiger partial charge is 0.493 e.